The minimum Gasteiger partial charge on any atom is -0.347 e. The molecule has 2 atom stereocenters. The van der Waals surface area contributed by atoms with Crippen molar-refractivity contribution in [3.8, 4) is 0 Å². The molecule has 1 saturated carbocycles. The molecule has 28 heavy (non-hydrogen) atoms. The van der Waals surface area contributed by atoms with E-state index in [1.54, 1.807) is 24.3 Å². The van der Waals surface area contributed by atoms with Gasteiger partial charge >= 0.3 is 6.03 Å². The number of amides is 3. The van der Waals surface area contributed by atoms with Crippen LogP contribution in [0.5, 0.6) is 0 Å². The van der Waals surface area contributed by atoms with E-state index >= 15 is 0 Å². The van der Waals surface area contributed by atoms with Crippen molar-refractivity contribution < 1.29 is 18.0 Å². The van der Waals surface area contributed by atoms with Crippen molar-refractivity contribution in [2.45, 2.75) is 43.8 Å². The predicted molar refractivity (Wildman–Crippen MR) is 106 cm³/mol. The quantitative estimate of drug-likeness (QED) is 0.675. The molecule has 9 heteroatoms. The van der Waals surface area contributed by atoms with Crippen LogP contribution in [0.15, 0.2) is 24.3 Å². The van der Waals surface area contributed by atoms with Crippen LogP contribution in [-0.4, -0.2) is 68.0 Å². The maximum atomic E-state index is 12.6. The number of nitrogens with one attached hydrogen (secondary N) is 3. The van der Waals surface area contributed by atoms with Crippen molar-refractivity contribution in [1.29, 1.82) is 0 Å². The van der Waals surface area contributed by atoms with Gasteiger partial charge in [-0.25, -0.2) is 13.2 Å². The smallest absolute Gasteiger partial charge is 0.319 e. The zero-order valence-electron chi connectivity index (χ0n) is 15.7. The average Bonchev–Trinajstić information content (AvgIpc) is 3.16. The molecule has 3 aliphatic rings. The van der Waals surface area contributed by atoms with E-state index in [0.717, 1.165) is 38.8 Å². The van der Waals surface area contributed by atoms with Gasteiger partial charge in [0.25, 0.3) is 5.91 Å². The van der Waals surface area contributed by atoms with E-state index in [-0.39, 0.29) is 35.5 Å². The second-order valence-electron chi connectivity index (χ2n) is 7.92. The topological polar surface area (TPSA) is 108 Å². The standard InChI is InChI=1S/C19H26N4O4S/c24-18(13-3-5-14(6-4-13)20-19(25)21-15-7-8-15)22-16-11-28(26,27)12-17(16)23-9-1-2-10-23/h3-6,15-17H,1-2,7-12H2,(H,22,24)(H2,20,21,25). The maximum Gasteiger partial charge on any atom is 0.319 e. The summed E-state index contributed by atoms with van der Waals surface area (Å²) in [5, 5.41) is 8.49. The van der Waals surface area contributed by atoms with E-state index in [1.807, 2.05) is 0 Å². The number of carbonyl (C=O) groups excluding carboxylic acids is 2. The molecule has 1 aliphatic carbocycles. The third kappa shape index (κ3) is 4.64. The molecular formula is C19H26N4O4S. The Bertz CT molecular complexity index is 845. The average molecular weight is 407 g/mol. The van der Waals surface area contributed by atoms with E-state index in [1.165, 1.54) is 0 Å². The van der Waals surface area contributed by atoms with Gasteiger partial charge in [-0.2, -0.15) is 0 Å². The molecule has 2 saturated heterocycles. The summed E-state index contributed by atoms with van der Waals surface area (Å²) in [5.41, 5.74) is 1.05. The van der Waals surface area contributed by atoms with Crippen LogP contribution in [0.3, 0.4) is 0 Å². The lowest BCUT2D eigenvalue weighted by molar-refractivity contribution is 0.0918. The fourth-order valence-corrected chi connectivity index (χ4v) is 5.89. The lowest BCUT2D eigenvalue weighted by atomic mass is 10.1. The Morgan fingerprint density at radius 3 is 2.29 bits per heavy atom. The molecule has 8 nitrogen and oxygen atoms in total. The summed E-state index contributed by atoms with van der Waals surface area (Å²) >= 11 is 0. The zero-order chi connectivity index (χ0) is 19.7. The lowest BCUT2D eigenvalue weighted by Crippen LogP contribution is -2.50. The van der Waals surface area contributed by atoms with Gasteiger partial charge in [0.2, 0.25) is 0 Å². The van der Waals surface area contributed by atoms with Crippen molar-refractivity contribution in [3.63, 3.8) is 0 Å². The van der Waals surface area contributed by atoms with E-state index in [4.69, 9.17) is 0 Å². The van der Waals surface area contributed by atoms with Crippen molar-refractivity contribution in [2.75, 3.05) is 29.9 Å². The van der Waals surface area contributed by atoms with Gasteiger partial charge in [0, 0.05) is 23.3 Å². The Balaban J connectivity index is 1.37. The lowest BCUT2D eigenvalue weighted by Gasteiger charge is -2.28. The SMILES string of the molecule is O=C(Nc1ccc(C(=O)NC2CS(=O)(=O)CC2N2CCCC2)cc1)NC1CC1. The molecule has 1 aromatic carbocycles. The zero-order valence-corrected chi connectivity index (χ0v) is 16.5. The van der Waals surface area contributed by atoms with Gasteiger partial charge in [-0.1, -0.05) is 0 Å². The first-order valence-corrected chi connectivity index (χ1v) is 11.6. The number of anilines is 1. The van der Waals surface area contributed by atoms with Gasteiger partial charge in [-0.3, -0.25) is 9.69 Å². The highest BCUT2D eigenvalue weighted by molar-refractivity contribution is 7.91. The number of urea groups is 1. The maximum absolute atomic E-state index is 12.6. The molecule has 3 N–H and O–H groups in total. The van der Waals surface area contributed by atoms with Crippen LogP contribution in [0.1, 0.15) is 36.0 Å². The summed E-state index contributed by atoms with van der Waals surface area (Å²) in [7, 11) is -3.15. The number of sulfone groups is 1. The van der Waals surface area contributed by atoms with Gasteiger partial charge in [-0.05, 0) is 63.0 Å². The second kappa shape index (κ2) is 7.71. The first-order valence-electron chi connectivity index (χ1n) is 9.82. The van der Waals surface area contributed by atoms with Crippen LogP contribution >= 0.6 is 0 Å². The molecule has 2 aliphatic heterocycles. The Kier molecular flexibility index (Phi) is 5.29. The number of carbonyl (C=O) groups is 2. The molecule has 2 unspecified atom stereocenters. The number of benzene rings is 1. The van der Waals surface area contributed by atoms with Crippen molar-refractivity contribution >= 4 is 27.5 Å². The summed E-state index contributed by atoms with van der Waals surface area (Å²) in [4.78, 5) is 26.6. The molecule has 0 radical (unpaired) electrons. The fraction of sp³-hybridized carbons (Fsp3) is 0.579. The summed E-state index contributed by atoms with van der Waals surface area (Å²) in [6.45, 7) is 1.77. The normalized spacial score (nSPS) is 26.7. The molecular weight excluding hydrogens is 380 g/mol. The Labute approximate surface area is 165 Å². The van der Waals surface area contributed by atoms with Crippen molar-refractivity contribution in [3.05, 3.63) is 29.8 Å². The van der Waals surface area contributed by atoms with Crippen molar-refractivity contribution in [1.82, 2.24) is 15.5 Å². The minimum atomic E-state index is -3.15. The van der Waals surface area contributed by atoms with Gasteiger partial charge in [0.05, 0.1) is 17.5 Å². The van der Waals surface area contributed by atoms with Gasteiger partial charge in [0.1, 0.15) is 0 Å². The molecule has 4 rings (SSSR count). The largest absolute Gasteiger partial charge is 0.347 e. The number of hydrogen-bond donors (Lipinski definition) is 3. The van der Waals surface area contributed by atoms with E-state index in [2.05, 4.69) is 20.9 Å². The third-order valence-corrected chi connectivity index (χ3v) is 7.28. The number of hydrogen-bond acceptors (Lipinski definition) is 5. The molecule has 0 bridgehead atoms. The highest BCUT2D eigenvalue weighted by Crippen LogP contribution is 2.23. The summed E-state index contributed by atoms with van der Waals surface area (Å²) < 4.78 is 24.3. The van der Waals surface area contributed by atoms with Gasteiger partial charge < -0.3 is 16.0 Å². The predicted octanol–water partition coefficient (Wildman–Crippen LogP) is 0.962. The third-order valence-electron chi connectivity index (χ3n) is 5.57. The fourth-order valence-electron chi connectivity index (χ4n) is 3.94. The Morgan fingerprint density at radius 2 is 1.64 bits per heavy atom. The van der Waals surface area contributed by atoms with Crippen LogP contribution in [-0.2, 0) is 9.84 Å². The molecule has 0 aromatic heterocycles. The van der Waals surface area contributed by atoms with Gasteiger partial charge in [-0.15, -0.1) is 0 Å². The van der Waals surface area contributed by atoms with Crippen LogP contribution < -0.4 is 16.0 Å². The molecule has 3 amide bonds. The van der Waals surface area contributed by atoms with Crippen LogP contribution in [0.4, 0.5) is 10.5 Å². The number of likely N-dealkylation sites (tertiary alicyclic amines) is 1. The van der Waals surface area contributed by atoms with Crippen LogP contribution in [0.2, 0.25) is 0 Å². The number of nitrogens with zero attached hydrogens (tertiary/aromatic N) is 1. The minimum absolute atomic E-state index is 0.0130. The highest BCUT2D eigenvalue weighted by atomic mass is 32.2. The highest BCUT2D eigenvalue weighted by Gasteiger charge is 2.42. The van der Waals surface area contributed by atoms with E-state index < -0.39 is 15.9 Å². The molecule has 2 heterocycles. The van der Waals surface area contributed by atoms with E-state index in [0.29, 0.717) is 11.3 Å². The Morgan fingerprint density at radius 1 is 0.964 bits per heavy atom. The summed E-state index contributed by atoms with van der Waals surface area (Å²) in [6, 6.07) is 6.10. The Hall–Kier alpha value is -2.13. The molecule has 3 fully saturated rings. The molecule has 0 spiro atoms. The molecule has 152 valence electrons. The van der Waals surface area contributed by atoms with Crippen LogP contribution in [0, 0.1) is 0 Å². The monoisotopic (exact) mass is 406 g/mol. The second-order valence-corrected chi connectivity index (χ2v) is 10.1. The first-order chi connectivity index (χ1) is 13.4. The molecule has 1 aromatic rings. The van der Waals surface area contributed by atoms with Crippen molar-refractivity contribution in [2.24, 2.45) is 0 Å². The van der Waals surface area contributed by atoms with Crippen LogP contribution in [0.25, 0.3) is 0 Å². The van der Waals surface area contributed by atoms with Gasteiger partial charge in [0.15, 0.2) is 9.84 Å². The number of rotatable bonds is 5. The summed E-state index contributed by atoms with van der Waals surface area (Å²) in [6.07, 6.45) is 4.17. The first kappa shape index (κ1) is 19.2. The van der Waals surface area contributed by atoms with E-state index in [9.17, 15) is 18.0 Å². The summed E-state index contributed by atoms with van der Waals surface area (Å²) in [5.74, 6) is -0.196.